The second kappa shape index (κ2) is 6.18. The van der Waals surface area contributed by atoms with Gasteiger partial charge in [-0.3, -0.25) is 0 Å². The minimum Gasteiger partial charge on any atom is -0.449 e. The van der Waals surface area contributed by atoms with Crippen LogP contribution in [0.25, 0.3) is 10.8 Å². The number of rotatable bonds is 5. The van der Waals surface area contributed by atoms with Crippen molar-refractivity contribution in [2.24, 2.45) is 5.73 Å². The average Bonchev–Trinajstić information content (AvgIpc) is 2.38. The molecule has 0 radical (unpaired) electrons. The van der Waals surface area contributed by atoms with Crippen molar-refractivity contribution in [2.45, 2.75) is 13.0 Å². The first-order valence-corrected chi connectivity index (χ1v) is 5.95. The number of nitrogens with two attached hydrogens (primary N) is 1. The predicted molar refractivity (Wildman–Crippen MR) is 69.8 cm³/mol. The van der Waals surface area contributed by atoms with Crippen LogP contribution in [-0.4, -0.2) is 19.3 Å². The van der Waals surface area contributed by atoms with Crippen LogP contribution in [0.5, 0.6) is 5.75 Å². The molecule has 0 aromatic heterocycles. The molecule has 0 saturated heterocycles. The lowest BCUT2D eigenvalue weighted by atomic mass is 10.0. The van der Waals surface area contributed by atoms with Crippen LogP contribution in [-0.2, 0) is 11.2 Å². The van der Waals surface area contributed by atoms with Gasteiger partial charge in [0.05, 0.1) is 6.61 Å². The van der Waals surface area contributed by atoms with E-state index in [4.69, 9.17) is 5.73 Å². The van der Waals surface area contributed by atoms with Crippen LogP contribution < -0.4 is 10.5 Å². The van der Waals surface area contributed by atoms with Gasteiger partial charge in [-0.25, -0.2) is 4.79 Å². The Kier molecular flexibility index (Phi) is 4.34. The SMILES string of the molecule is NC(=O)OCCc1cc2ccccc2cc1OC(F)F. The summed E-state index contributed by atoms with van der Waals surface area (Å²) in [6.45, 7) is -2.90. The molecule has 0 aliphatic heterocycles. The molecule has 0 atom stereocenters. The third kappa shape index (κ3) is 3.57. The summed E-state index contributed by atoms with van der Waals surface area (Å²) in [6.07, 6.45) is -0.655. The number of alkyl halides is 2. The Morgan fingerprint density at radius 3 is 2.45 bits per heavy atom. The second-order valence-electron chi connectivity index (χ2n) is 4.10. The quantitative estimate of drug-likeness (QED) is 0.916. The molecule has 0 heterocycles. The first-order valence-electron chi connectivity index (χ1n) is 5.95. The maximum absolute atomic E-state index is 12.4. The summed E-state index contributed by atoms with van der Waals surface area (Å²) in [5.74, 6) is 0.0757. The van der Waals surface area contributed by atoms with Crippen molar-refractivity contribution in [1.82, 2.24) is 0 Å². The van der Waals surface area contributed by atoms with E-state index in [1.807, 2.05) is 18.2 Å². The molecule has 20 heavy (non-hydrogen) atoms. The predicted octanol–water partition coefficient (Wildman–Crippen LogP) is 3.08. The number of carbonyl (C=O) groups is 1. The molecule has 0 saturated carbocycles. The number of hydrogen-bond acceptors (Lipinski definition) is 3. The molecule has 4 nitrogen and oxygen atoms in total. The number of hydrogen-bond donors (Lipinski definition) is 1. The number of primary amides is 1. The van der Waals surface area contributed by atoms with Crippen LogP contribution in [0.4, 0.5) is 13.6 Å². The molecule has 0 bridgehead atoms. The van der Waals surface area contributed by atoms with E-state index in [-0.39, 0.29) is 18.8 Å². The van der Waals surface area contributed by atoms with E-state index in [1.165, 1.54) is 0 Å². The minimum atomic E-state index is -2.91. The van der Waals surface area contributed by atoms with Gasteiger partial charge in [0.25, 0.3) is 0 Å². The Hall–Kier alpha value is -2.37. The summed E-state index contributed by atoms with van der Waals surface area (Å²) in [5, 5.41) is 1.69. The highest BCUT2D eigenvalue weighted by molar-refractivity contribution is 5.85. The van der Waals surface area contributed by atoms with E-state index in [0.717, 1.165) is 10.8 Å². The van der Waals surface area contributed by atoms with Gasteiger partial charge in [0, 0.05) is 6.42 Å². The van der Waals surface area contributed by atoms with Gasteiger partial charge >= 0.3 is 12.7 Å². The average molecular weight is 281 g/mol. The Balaban J connectivity index is 2.30. The number of amides is 1. The topological polar surface area (TPSA) is 61.6 Å². The van der Waals surface area contributed by atoms with Crippen molar-refractivity contribution in [1.29, 1.82) is 0 Å². The number of carbonyl (C=O) groups excluding carboxylic acids is 1. The van der Waals surface area contributed by atoms with Crippen molar-refractivity contribution in [2.75, 3.05) is 6.61 Å². The first-order chi connectivity index (χ1) is 9.56. The smallest absolute Gasteiger partial charge is 0.404 e. The fourth-order valence-electron chi connectivity index (χ4n) is 1.93. The Bertz CT molecular complexity index is 616. The monoisotopic (exact) mass is 281 g/mol. The summed E-state index contributed by atoms with van der Waals surface area (Å²) in [7, 11) is 0. The van der Waals surface area contributed by atoms with Gasteiger partial charge in [0.1, 0.15) is 5.75 Å². The number of fused-ring (bicyclic) bond motifs is 1. The summed E-state index contributed by atoms with van der Waals surface area (Å²) in [6, 6.07) is 10.6. The van der Waals surface area contributed by atoms with Gasteiger partial charge in [-0.2, -0.15) is 8.78 Å². The fourth-order valence-corrected chi connectivity index (χ4v) is 1.93. The summed E-state index contributed by atoms with van der Waals surface area (Å²) in [5.41, 5.74) is 5.39. The van der Waals surface area contributed by atoms with Gasteiger partial charge < -0.3 is 15.2 Å². The Labute approximate surface area is 114 Å². The van der Waals surface area contributed by atoms with Crippen LogP contribution >= 0.6 is 0 Å². The van der Waals surface area contributed by atoms with E-state index in [9.17, 15) is 13.6 Å². The van der Waals surface area contributed by atoms with Gasteiger partial charge in [0.2, 0.25) is 0 Å². The van der Waals surface area contributed by atoms with Crippen LogP contribution in [0.2, 0.25) is 0 Å². The molecule has 106 valence electrons. The molecule has 2 rings (SSSR count). The van der Waals surface area contributed by atoms with Crippen molar-refractivity contribution >= 4 is 16.9 Å². The molecular formula is C14H13F2NO3. The molecule has 2 aromatic carbocycles. The zero-order valence-electron chi connectivity index (χ0n) is 10.5. The summed E-state index contributed by atoms with van der Waals surface area (Å²) < 4.78 is 34.0. The van der Waals surface area contributed by atoms with Gasteiger partial charge in [-0.05, 0) is 28.5 Å². The van der Waals surface area contributed by atoms with Gasteiger partial charge in [0.15, 0.2) is 0 Å². The maximum atomic E-state index is 12.4. The standard InChI is InChI=1S/C14H13F2NO3/c15-13(16)20-12-8-10-4-2-1-3-9(10)7-11(12)5-6-19-14(17)18/h1-4,7-8,13H,5-6H2,(H2,17,18). The molecule has 2 aromatic rings. The van der Waals surface area contributed by atoms with Crippen LogP contribution in [0.1, 0.15) is 5.56 Å². The van der Waals surface area contributed by atoms with Gasteiger partial charge in [-0.15, -0.1) is 0 Å². The molecule has 0 aliphatic carbocycles. The zero-order chi connectivity index (χ0) is 14.5. The molecular weight excluding hydrogens is 268 g/mol. The highest BCUT2D eigenvalue weighted by Gasteiger charge is 2.11. The number of halogens is 2. The van der Waals surface area contributed by atoms with Crippen molar-refractivity contribution < 1.29 is 23.0 Å². The maximum Gasteiger partial charge on any atom is 0.404 e. The van der Waals surface area contributed by atoms with Crippen molar-refractivity contribution in [3.05, 3.63) is 42.0 Å². The lowest BCUT2D eigenvalue weighted by Crippen LogP contribution is -2.15. The minimum absolute atomic E-state index is 0.00721. The van der Waals surface area contributed by atoms with Crippen molar-refractivity contribution in [3.8, 4) is 5.75 Å². The summed E-state index contributed by atoms with van der Waals surface area (Å²) >= 11 is 0. The van der Waals surface area contributed by atoms with Crippen LogP contribution in [0, 0.1) is 0 Å². The molecule has 6 heteroatoms. The van der Waals surface area contributed by atoms with E-state index in [1.54, 1.807) is 18.2 Å². The van der Waals surface area contributed by atoms with E-state index < -0.39 is 12.7 Å². The number of ether oxygens (including phenoxy) is 2. The molecule has 0 aliphatic rings. The largest absolute Gasteiger partial charge is 0.449 e. The van der Waals surface area contributed by atoms with Gasteiger partial charge in [-0.1, -0.05) is 24.3 Å². The molecule has 0 unspecified atom stereocenters. The highest BCUT2D eigenvalue weighted by Crippen LogP contribution is 2.27. The fraction of sp³-hybridized carbons (Fsp3) is 0.214. The third-order valence-corrected chi connectivity index (χ3v) is 2.76. The first kappa shape index (κ1) is 14.0. The van der Waals surface area contributed by atoms with E-state index >= 15 is 0 Å². The Morgan fingerprint density at radius 1 is 1.20 bits per heavy atom. The van der Waals surface area contributed by atoms with Crippen LogP contribution in [0.15, 0.2) is 36.4 Å². The summed E-state index contributed by atoms with van der Waals surface area (Å²) in [4.78, 5) is 10.5. The second-order valence-corrected chi connectivity index (χ2v) is 4.10. The zero-order valence-corrected chi connectivity index (χ0v) is 10.5. The Morgan fingerprint density at radius 2 is 1.85 bits per heavy atom. The normalized spacial score (nSPS) is 10.8. The van der Waals surface area contributed by atoms with E-state index in [2.05, 4.69) is 9.47 Å². The van der Waals surface area contributed by atoms with Crippen molar-refractivity contribution in [3.63, 3.8) is 0 Å². The third-order valence-electron chi connectivity index (χ3n) is 2.76. The van der Waals surface area contributed by atoms with E-state index in [0.29, 0.717) is 5.56 Å². The lowest BCUT2D eigenvalue weighted by molar-refractivity contribution is -0.0504. The molecule has 1 amide bonds. The van der Waals surface area contributed by atoms with Crippen LogP contribution in [0.3, 0.4) is 0 Å². The lowest BCUT2D eigenvalue weighted by Gasteiger charge is -2.12. The number of benzene rings is 2. The molecule has 0 spiro atoms. The molecule has 0 fully saturated rings. The molecule has 2 N–H and O–H groups in total. The highest BCUT2D eigenvalue weighted by atomic mass is 19.3.